The SMILES string of the molecule is CC[C@H](C)NC(=O)[C@@H](Cc1ccccc1)N(Cc1ccc(Cl)c(Cl)c1)C(=O)COc1ccc(Cl)cc1Cl. The molecule has 0 aliphatic rings. The molecule has 0 saturated carbocycles. The Bertz CT molecular complexity index is 1220. The highest BCUT2D eigenvalue weighted by atomic mass is 35.5. The van der Waals surface area contributed by atoms with Gasteiger partial charge < -0.3 is 15.0 Å². The first-order valence-electron chi connectivity index (χ1n) is 11.8. The largest absolute Gasteiger partial charge is 0.482 e. The monoisotopic (exact) mass is 580 g/mol. The van der Waals surface area contributed by atoms with Crippen LogP contribution < -0.4 is 10.1 Å². The first-order valence-corrected chi connectivity index (χ1v) is 13.3. The van der Waals surface area contributed by atoms with Crippen LogP contribution in [-0.2, 0) is 22.6 Å². The van der Waals surface area contributed by atoms with Crippen molar-refractivity contribution in [3.63, 3.8) is 0 Å². The van der Waals surface area contributed by atoms with Gasteiger partial charge in [0.1, 0.15) is 11.8 Å². The first kappa shape index (κ1) is 29.1. The van der Waals surface area contributed by atoms with E-state index in [1.54, 1.807) is 30.3 Å². The number of benzene rings is 3. The summed E-state index contributed by atoms with van der Waals surface area (Å²) in [4.78, 5) is 28.7. The van der Waals surface area contributed by atoms with Gasteiger partial charge in [-0.15, -0.1) is 0 Å². The molecule has 2 amide bonds. The zero-order valence-corrected chi connectivity index (χ0v) is 23.5. The lowest BCUT2D eigenvalue weighted by molar-refractivity contribution is -0.143. The average Bonchev–Trinajstić information content (AvgIpc) is 2.88. The number of hydrogen-bond donors (Lipinski definition) is 1. The molecule has 9 heteroatoms. The molecule has 0 aliphatic heterocycles. The van der Waals surface area contributed by atoms with Crippen molar-refractivity contribution in [2.45, 2.75) is 45.3 Å². The van der Waals surface area contributed by atoms with E-state index in [1.807, 2.05) is 44.2 Å². The van der Waals surface area contributed by atoms with Gasteiger partial charge in [-0.25, -0.2) is 0 Å². The predicted octanol–water partition coefficient (Wildman–Crippen LogP) is 7.23. The summed E-state index contributed by atoms with van der Waals surface area (Å²) in [6, 6.07) is 18.6. The summed E-state index contributed by atoms with van der Waals surface area (Å²) in [5.74, 6) is -0.328. The molecule has 0 aromatic heterocycles. The van der Waals surface area contributed by atoms with E-state index in [4.69, 9.17) is 51.1 Å². The van der Waals surface area contributed by atoms with E-state index in [0.717, 1.165) is 17.5 Å². The number of carbonyl (C=O) groups excluding carboxylic acids is 2. The van der Waals surface area contributed by atoms with Gasteiger partial charge in [0.2, 0.25) is 5.91 Å². The van der Waals surface area contributed by atoms with Gasteiger partial charge in [0.15, 0.2) is 6.61 Å². The van der Waals surface area contributed by atoms with Crippen molar-refractivity contribution < 1.29 is 14.3 Å². The lowest BCUT2D eigenvalue weighted by Gasteiger charge is -2.32. The molecular weight excluding hydrogens is 554 g/mol. The Morgan fingerprint density at radius 3 is 2.27 bits per heavy atom. The number of amides is 2. The van der Waals surface area contributed by atoms with Crippen LogP contribution in [0, 0.1) is 0 Å². The molecule has 0 aliphatic carbocycles. The second-order valence-electron chi connectivity index (χ2n) is 8.66. The highest BCUT2D eigenvalue weighted by Crippen LogP contribution is 2.28. The normalized spacial score (nSPS) is 12.5. The zero-order valence-electron chi connectivity index (χ0n) is 20.5. The molecule has 37 heavy (non-hydrogen) atoms. The molecule has 5 nitrogen and oxygen atoms in total. The highest BCUT2D eigenvalue weighted by molar-refractivity contribution is 6.42. The van der Waals surface area contributed by atoms with Crippen LogP contribution in [0.2, 0.25) is 20.1 Å². The Hall–Kier alpha value is -2.44. The van der Waals surface area contributed by atoms with Crippen molar-refractivity contribution in [2.75, 3.05) is 6.61 Å². The van der Waals surface area contributed by atoms with Crippen LogP contribution in [0.4, 0.5) is 0 Å². The van der Waals surface area contributed by atoms with Gasteiger partial charge in [-0.1, -0.05) is 89.7 Å². The standard InChI is InChI=1S/C28H28Cl4N2O3/c1-3-18(2)33-28(36)25(14-19-7-5-4-6-8-19)34(16-20-9-11-22(30)23(31)13-20)27(35)17-37-26-12-10-21(29)15-24(26)32/h4-13,15,18,25H,3,14,16-17H2,1-2H3,(H,33,36)/t18-,25+/m0/s1. The van der Waals surface area contributed by atoms with Gasteiger partial charge in [-0.05, 0) is 54.8 Å². The number of carbonyl (C=O) groups is 2. The van der Waals surface area contributed by atoms with Crippen molar-refractivity contribution in [2.24, 2.45) is 0 Å². The second kappa shape index (κ2) is 13.9. The lowest BCUT2D eigenvalue weighted by Crippen LogP contribution is -2.53. The summed E-state index contributed by atoms with van der Waals surface area (Å²) in [5, 5.41) is 4.52. The fraction of sp³-hybridized carbons (Fsp3) is 0.286. The summed E-state index contributed by atoms with van der Waals surface area (Å²) in [7, 11) is 0. The molecule has 3 aromatic rings. The van der Waals surface area contributed by atoms with Crippen LogP contribution >= 0.6 is 46.4 Å². The summed E-state index contributed by atoms with van der Waals surface area (Å²) in [6.07, 6.45) is 1.07. The minimum Gasteiger partial charge on any atom is -0.482 e. The molecule has 0 radical (unpaired) electrons. The van der Waals surface area contributed by atoms with Crippen molar-refractivity contribution in [1.29, 1.82) is 0 Å². The Morgan fingerprint density at radius 1 is 0.892 bits per heavy atom. The number of halogens is 4. The fourth-order valence-corrected chi connectivity index (χ4v) is 4.43. The van der Waals surface area contributed by atoms with Gasteiger partial charge in [0, 0.05) is 24.0 Å². The van der Waals surface area contributed by atoms with E-state index >= 15 is 0 Å². The zero-order chi connectivity index (χ0) is 26.9. The van der Waals surface area contributed by atoms with E-state index in [2.05, 4.69) is 5.32 Å². The van der Waals surface area contributed by atoms with Crippen LogP contribution in [0.15, 0.2) is 66.7 Å². The van der Waals surface area contributed by atoms with Crippen LogP contribution in [0.5, 0.6) is 5.75 Å². The summed E-state index contributed by atoms with van der Waals surface area (Å²) < 4.78 is 5.74. The van der Waals surface area contributed by atoms with Gasteiger partial charge in [-0.3, -0.25) is 9.59 Å². The molecule has 0 saturated heterocycles. The molecule has 0 fully saturated rings. The Kier molecular flexibility index (Phi) is 11.0. The Balaban J connectivity index is 1.94. The topological polar surface area (TPSA) is 58.6 Å². The number of ether oxygens (including phenoxy) is 1. The summed E-state index contributed by atoms with van der Waals surface area (Å²) >= 11 is 24.5. The van der Waals surface area contributed by atoms with Crippen molar-refractivity contribution in [3.8, 4) is 5.75 Å². The van der Waals surface area contributed by atoms with Gasteiger partial charge >= 0.3 is 0 Å². The second-order valence-corrected chi connectivity index (χ2v) is 10.3. The van der Waals surface area contributed by atoms with Crippen molar-refractivity contribution in [3.05, 3.63) is 97.9 Å². The minimum absolute atomic E-state index is 0.0585. The molecule has 1 N–H and O–H groups in total. The molecule has 196 valence electrons. The fourth-order valence-electron chi connectivity index (χ4n) is 3.64. The molecular formula is C28H28Cl4N2O3. The molecule has 3 rings (SSSR count). The smallest absolute Gasteiger partial charge is 0.261 e. The minimum atomic E-state index is -0.803. The molecule has 0 spiro atoms. The molecule has 2 atom stereocenters. The molecule has 3 aromatic carbocycles. The first-order chi connectivity index (χ1) is 17.7. The van der Waals surface area contributed by atoms with E-state index in [0.29, 0.717) is 27.2 Å². The lowest BCUT2D eigenvalue weighted by atomic mass is 10.0. The maximum atomic E-state index is 13.6. The maximum absolute atomic E-state index is 13.6. The third kappa shape index (κ3) is 8.54. The van der Waals surface area contributed by atoms with E-state index in [1.165, 1.54) is 11.0 Å². The summed E-state index contributed by atoms with van der Waals surface area (Å²) in [5.41, 5.74) is 1.64. The van der Waals surface area contributed by atoms with E-state index in [9.17, 15) is 9.59 Å². The number of rotatable bonds is 11. The van der Waals surface area contributed by atoms with Crippen LogP contribution in [0.1, 0.15) is 31.4 Å². The number of nitrogens with one attached hydrogen (secondary N) is 1. The van der Waals surface area contributed by atoms with Gasteiger partial charge in [-0.2, -0.15) is 0 Å². The molecule has 0 bridgehead atoms. The van der Waals surface area contributed by atoms with Crippen molar-refractivity contribution in [1.82, 2.24) is 10.2 Å². The highest BCUT2D eigenvalue weighted by Gasteiger charge is 2.31. The molecule has 0 unspecified atom stereocenters. The third-order valence-electron chi connectivity index (χ3n) is 5.85. The third-order valence-corrected chi connectivity index (χ3v) is 7.12. The molecule has 0 heterocycles. The average molecular weight is 582 g/mol. The van der Waals surface area contributed by atoms with Crippen LogP contribution in [0.25, 0.3) is 0 Å². The van der Waals surface area contributed by atoms with Gasteiger partial charge in [0.05, 0.1) is 15.1 Å². The predicted molar refractivity (Wildman–Crippen MR) is 151 cm³/mol. The van der Waals surface area contributed by atoms with E-state index < -0.39 is 11.9 Å². The van der Waals surface area contributed by atoms with Crippen molar-refractivity contribution >= 4 is 58.2 Å². The Morgan fingerprint density at radius 2 is 1.62 bits per heavy atom. The number of hydrogen-bond acceptors (Lipinski definition) is 3. The van der Waals surface area contributed by atoms with Crippen LogP contribution in [-0.4, -0.2) is 35.4 Å². The van der Waals surface area contributed by atoms with Gasteiger partial charge in [0.25, 0.3) is 5.91 Å². The summed E-state index contributed by atoms with van der Waals surface area (Å²) in [6.45, 7) is 3.71. The number of nitrogens with zero attached hydrogens (tertiary/aromatic N) is 1. The van der Waals surface area contributed by atoms with Crippen LogP contribution in [0.3, 0.4) is 0 Å². The maximum Gasteiger partial charge on any atom is 0.261 e. The quantitative estimate of drug-likeness (QED) is 0.260. The Labute approximate surface area is 237 Å². The van der Waals surface area contributed by atoms with E-state index in [-0.39, 0.29) is 30.1 Å².